The van der Waals surface area contributed by atoms with Crippen molar-refractivity contribution in [3.63, 3.8) is 0 Å². The van der Waals surface area contributed by atoms with Crippen LogP contribution in [0.15, 0.2) is 92.0 Å². The van der Waals surface area contributed by atoms with Gasteiger partial charge in [0.15, 0.2) is 0 Å². The van der Waals surface area contributed by atoms with Crippen LogP contribution >= 0.6 is 12.2 Å². The summed E-state index contributed by atoms with van der Waals surface area (Å²) in [5.74, 6) is 0. The largest absolute Gasteiger partial charge is 2.00 e. The van der Waals surface area contributed by atoms with Crippen LogP contribution in [0.25, 0.3) is 57.8 Å². The van der Waals surface area contributed by atoms with Gasteiger partial charge in [0.25, 0.3) is 19.4 Å². The molecule has 0 atom stereocenters. The average molecular weight is 942 g/mol. The Bertz CT molecular complexity index is 2260. The fourth-order valence-corrected chi connectivity index (χ4v) is 5.78. The number of pyridine rings is 4. The van der Waals surface area contributed by atoms with Crippen molar-refractivity contribution >= 4 is 60.7 Å². The van der Waals surface area contributed by atoms with Gasteiger partial charge in [-0.25, -0.2) is 4.98 Å². The molecule has 0 fully saturated rings. The Morgan fingerprint density at radius 1 is 0.656 bits per heavy atom. The smallest absolute Gasteiger partial charge is 0.753 e. The Morgan fingerprint density at radius 2 is 1.07 bits per heavy atom. The number of halogens is 3. The third-order valence-electron chi connectivity index (χ3n) is 7.56. The molecule has 19 heteroatoms. The van der Waals surface area contributed by atoms with Crippen LogP contribution in [0.5, 0.6) is 0 Å². The standard InChI is InChI=1S/C24H17N3O6.C17H22F3N4.CNS.Ru/c28-15-31-8-3-18-1-6-25-21(11-18)23-13-20(5-10-33-17-30)14-24(27-23)22-12-19(2-7-26-22)4-9-32-16-29;1-15(2,3)24(16(4,5)6)11-7-8-21-12(9-11)13-10-14(23-22-13)17(18,19)20;2-1-3;/h1-17H;7-10H,1-6H3;;/q;2*-1;+2/b8-3+,9-4+,10-5+;;;. The molecule has 0 saturated heterocycles. The molecular weight excluding hydrogens is 903 g/mol. The summed E-state index contributed by atoms with van der Waals surface area (Å²) in [7, 11) is 0. The number of nitrogens with zero attached hydrogens (tertiary/aromatic N) is 8. The van der Waals surface area contributed by atoms with Crippen molar-refractivity contribution in [2.75, 3.05) is 4.90 Å². The second-order valence-corrected chi connectivity index (χ2v) is 14.2. The SMILES string of the molecule is CC(C)(C)N(c1ccnc(-c2cc(C(F)(F)F)n[n-]2)c1)C(C)(C)C.O=CO/C=C/c1ccnc(-c2cc(/C=C/OC=O)cc(-c3cc(/C=C/OC=O)ccn3)n2)c1.[N-]=C=S.[Ru+2]. The van der Waals surface area contributed by atoms with Gasteiger partial charge in [0.2, 0.25) is 0 Å². The van der Waals surface area contributed by atoms with Gasteiger partial charge in [-0.2, -0.15) is 18.3 Å². The molecule has 0 bridgehead atoms. The molecule has 0 aliphatic carbocycles. The van der Waals surface area contributed by atoms with E-state index in [1.165, 1.54) is 23.9 Å². The van der Waals surface area contributed by atoms with E-state index in [-0.39, 0.29) is 36.2 Å². The maximum atomic E-state index is 12.7. The molecule has 0 unspecified atom stereocenters. The molecule has 0 radical (unpaired) electrons. The van der Waals surface area contributed by atoms with Gasteiger partial charge in [0, 0.05) is 35.4 Å². The molecule has 5 rings (SSSR count). The van der Waals surface area contributed by atoms with Gasteiger partial charge in [-0.05, 0) is 131 Å². The minimum absolute atomic E-state index is 0. The van der Waals surface area contributed by atoms with Gasteiger partial charge in [0.05, 0.1) is 47.3 Å². The zero-order valence-corrected chi connectivity index (χ0v) is 36.1. The number of anilines is 1. The summed E-state index contributed by atoms with van der Waals surface area (Å²) in [5.41, 5.74) is 4.39. The van der Waals surface area contributed by atoms with Crippen molar-refractivity contribution < 1.29 is 61.2 Å². The number of isothiocyanates is 1. The summed E-state index contributed by atoms with van der Waals surface area (Å²) in [5, 5.41) is 15.3. The summed E-state index contributed by atoms with van der Waals surface area (Å²) in [6.07, 6.45) is 8.88. The Kier molecular flexibility index (Phi) is 19.8. The van der Waals surface area contributed by atoms with Gasteiger partial charge in [-0.1, -0.05) is 17.9 Å². The zero-order chi connectivity index (χ0) is 44.3. The minimum Gasteiger partial charge on any atom is -0.753 e. The van der Waals surface area contributed by atoms with Crippen molar-refractivity contribution in [2.45, 2.75) is 58.8 Å². The summed E-state index contributed by atoms with van der Waals surface area (Å²) >= 11 is 3.70. The first-order chi connectivity index (χ1) is 28.4. The fraction of sp³-hybridized carbons (Fsp3) is 0.214. The molecule has 0 spiro atoms. The Labute approximate surface area is 368 Å². The molecular formula is C42H39F3N8O6RuS. The summed E-state index contributed by atoms with van der Waals surface area (Å²) in [6, 6.07) is 15.1. The fourth-order valence-electron chi connectivity index (χ4n) is 5.78. The van der Waals surface area contributed by atoms with Crippen LogP contribution in [-0.2, 0) is 54.2 Å². The number of carbonyl (C=O) groups excluding carboxylic acids is 3. The normalized spacial score (nSPS) is 11.3. The van der Waals surface area contributed by atoms with E-state index in [1.54, 1.807) is 79.3 Å². The molecule has 0 aliphatic heterocycles. The molecule has 0 saturated carbocycles. The van der Waals surface area contributed by atoms with Crippen molar-refractivity contribution in [3.05, 3.63) is 120 Å². The van der Waals surface area contributed by atoms with Crippen LogP contribution in [-0.4, -0.2) is 60.7 Å². The Balaban J connectivity index is 0.000000405. The van der Waals surface area contributed by atoms with Gasteiger partial charge in [-0.15, -0.1) is 0 Å². The summed E-state index contributed by atoms with van der Waals surface area (Å²) in [6.45, 7) is 13.5. The first-order valence-electron chi connectivity index (χ1n) is 17.5. The number of ether oxygens (including phenoxy) is 3. The predicted octanol–water partition coefficient (Wildman–Crippen LogP) is 8.82. The van der Waals surface area contributed by atoms with E-state index in [1.807, 2.05) is 6.07 Å². The molecule has 14 nitrogen and oxygen atoms in total. The number of aromatic nitrogens is 6. The van der Waals surface area contributed by atoms with Gasteiger partial charge in [-0.3, -0.25) is 29.3 Å². The molecule has 5 aromatic heterocycles. The maximum absolute atomic E-state index is 12.7. The van der Waals surface area contributed by atoms with Crippen LogP contribution < -0.4 is 10.00 Å². The monoisotopic (exact) mass is 942 g/mol. The topological polar surface area (TPSA) is 183 Å². The Hall–Kier alpha value is -6.55. The predicted molar refractivity (Wildman–Crippen MR) is 223 cm³/mol. The first-order valence-corrected chi connectivity index (χ1v) is 17.9. The Morgan fingerprint density at radius 3 is 1.48 bits per heavy atom. The summed E-state index contributed by atoms with van der Waals surface area (Å²) in [4.78, 5) is 50.9. The molecule has 0 amide bonds. The van der Waals surface area contributed by atoms with Crippen LogP contribution in [0.2, 0.25) is 0 Å². The van der Waals surface area contributed by atoms with E-state index in [9.17, 15) is 27.6 Å². The van der Waals surface area contributed by atoms with Crippen LogP contribution in [0.4, 0.5) is 18.9 Å². The van der Waals surface area contributed by atoms with Gasteiger partial charge in [0.1, 0.15) is 5.69 Å². The third kappa shape index (κ3) is 16.2. The number of rotatable bonds is 13. The number of carbonyl (C=O) groups is 3. The van der Waals surface area contributed by atoms with Crippen molar-refractivity contribution in [1.29, 1.82) is 0 Å². The molecule has 5 aromatic rings. The summed E-state index contributed by atoms with van der Waals surface area (Å²) < 4.78 is 52.0. The molecule has 61 heavy (non-hydrogen) atoms. The van der Waals surface area contributed by atoms with E-state index in [0.29, 0.717) is 53.4 Å². The van der Waals surface area contributed by atoms with E-state index in [4.69, 9.17) is 5.41 Å². The molecule has 0 aromatic carbocycles. The van der Waals surface area contributed by atoms with Gasteiger partial charge < -0.3 is 34.7 Å². The van der Waals surface area contributed by atoms with Crippen LogP contribution in [0.3, 0.4) is 0 Å². The third-order valence-corrected chi connectivity index (χ3v) is 7.56. The second kappa shape index (κ2) is 23.9. The van der Waals surface area contributed by atoms with Crippen molar-refractivity contribution in [1.82, 2.24) is 30.1 Å². The molecule has 5 heterocycles. The number of hydrogen-bond donors (Lipinski definition) is 0. The molecule has 0 aliphatic rings. The van der Waals surface area contributed by atoms with Crippen LogP contribution in [0.1, 0.15) is 63.9 Å². The maximum Gasteiger partial charge on any atom is 2.00 e. The van der Waals surface area contributed by atoms with Crippen molar-refractivity contribution in [3.8, 4) is 34.2 Å². The number of thiocarbonyl (C=S) groups is 1. The van der Waals surface area contributed by atoms with E-state index < -0.39 is 11.9 Å². The van der Waals surface area contributed by atoms with Crippen LogP contribution in [0, 0.1) is 0 Å². The van der Waals surface area contributed by atoms with Gasteiger partial charge >= 0.3 is 25.7 Å². The molecule has 318 valence electrons. The quantitative estimate of drug-likeness (QED) is 0.0273. The second-order valence-electron chi connectivity index (χ2n) is 14.0. The first kappa shape index (κ1) is 50.6. The van der Waals surface area contributed by atoms with E-state index >= 15 is 0 Å². The zero-order valence-electron chi connectivity index (χ0n) is 33.5. The number of alkyl halides is 3. The van der Waals surface area contributed by atoms with Crippen molar-refractivity contribution in [2.24, 2.45) is 0 Å². The number of hydrogen-bond acceptors (Lipinski definition) is 13. The molecule has 0 N–H and O–H groups in total. The van der Waals surface area contributed by atoms with E-state index in [2.05, 4.69) is 103 Å². The van der Waals surface area contributed by atoms with E-state index in [0.717, 1.165) is 22.9 Å². The average Bonchev–Trinajstić information content (AvgIpc) is 3.70. The minimum atomic E-state index is -4.51.